The fourth-order valence-corrected chi connectivity index (χ4v) is 2.90. The lowest BCUT2D eigenvalue weighted by Gasteiger charge is -2.20. The lowest BCUT2D eigenvalue weighted by molar-refractivity contribution is -0.136. The van der Waals surface area contributed by atoms with Crippen molar-refractivity contribution >= 4 is 5.97 Å². The zero-order chi connectivity index (χ0) is 20.1. The first-order valence-electron chi connectivity index (χ1n) is 9.43. The van der Waals surface area contributed by atoms with E-state index in [1.54, 1.807) is 0 Å². The summed E-state index contributed by atoms with van der Waals surface area (Å²) in [5.41, 5.74) is 4.45. The Labute approximate surface area is 166 Å². The van der Waals surface area contributed by atoms with Crippen LogP contribution in [0.25, 0.3) is 11.1 Å². The number of hydrogen-bond donors (Lipinski definition) is 0. The number of aryl methyl sites for hydroxylation is 1. The molecule has 0 aliphatic rings. The highest BCUT2D eigenvalue weighted by Crippen LogP contribution is 2.27. The molecule has 0 saturated heterocycles. The number of carbonyl (C=O) groups is 1. The van der Waals surface area contributed by atoms with E-state index in [-0.39, 0.29) is 12.0 Å². The molecule has 0 unspecified atom stereocenters. The number of ether oxygens (including phenoxy) is 2. The van der Waals surface area contributed by atoms with Crippen LogP contribution in [-0.4, -0.2) is 12.6 Å². The van der Waals surface area contributed by atoms with Crippen molar-refractivity contribution in [1.29, 1.82) is 0 Å². The van der Waals surface area contributed by atoms with Gasteiger partial charge in [-0.1, -0.05) is 75.4 Å². The molecule has 3 aromatic rings. The van der Waals surface area contributed by atoms with Gasteiger partial charge >= 0.3 is 5.97 Å². The molecule has 3 heteroatoms. The second-order valence-electron chi connectivity index (χ2n) is 7.88. The van der Waals surface area contributed by atoms with Crippen molar-refractivity contribution in [1.82, 2.24) is 0 Å². The van der Waals surface area contributed by atoms with E-state index in [2.05, 4.69) is 39.0 Å². The molecule has 0 radical (unpaired) electrons. The Kier molecular flexibility index (Phi) is 5.84. The third kappa shape index (κ3) is 5.01. The Bertz CT molecular complexity index is 936. The molecule has 3 aromatic carbocycles. The van der Waals surface area contributed by atoms with Crippen LogP contribution in [0, 0.1) is 6.92 Å². The Morgan fingerprint density at radius 3 is 2.11 bits per heavy atom. The van der Waals surface area contributed by atoms with Crippen molar-refractivity contribution in [2.45, 2.75) is 33.1 Å². The minimum absolute atomic E-state index is 0.0579. The van der Waals surface area contributed by atoms with E-state index in [0.29, 0.717) is 11.5 Å². The maximum atomic E-state index is 12.2. The van der Waals surface area contributed by atoms with Gasteiger partial charge < -0.3 is 9.47 Å². The van der Waals surface area contributed by atoms with Crippen LogP contribution in [-0.2, 0) is 10.2 Å². The van der Waals surface area contributed by atoms with E-state index in [1.807, 2.05) is 61.5 Å². The van der Waals surface area contributed by atoms with Crippen LogP contribution in [0.2, 0.25) is 0 Å². The van der Waals surface area contributed by atoms with Crippen LogP contribution in [0.4, 0.5) is 0 Å². The summed E-state index contributed by atoms with van der Waals surface area (Å²) >= 11 is 0. The Balaban J connectivity index is 1.57. The van der Waals surface area contributed by atoms with Gasteiger partial charge in [0.05, 0.1) is 0 Å². The van der Waals surface area contributed by atoms with Gasteiger partial charge in [-0.05, 0) is 52.8 Å². The highest BCUT2D eigenvalue weighted by molar-refractivity contribution is 5.74. The van der Waals surface area contributed by atoms with Crippen LogP contribution < -0.4 is 9.47 Å². The summed E-state index contributed by atoms with van der Waals surface area (Å²) in [6.45, 7) is 8.28. The fourth-order valence-electron chi connectivity index (χ4n) is 2.90. The fraction of sp³-hybridized carbons (Fsp3) is 0.240. The van der Waals surface area contributed by atoms with Crippen LogP contribution in [0.3, 0.4) is 0 Å². The van der Waals surface area contributed by atoms with E-state index in [9.17, 15) is 4.79 Å². The van der Waals surface area contributed by atoms with Gasteiger partial charge in [-0.3, -0.25) is 0 Å². The quantitative estimate of drug-likeness (QED) is 0.409. The third-order valence-electron chi connectivity index (χ3n) is 4.58. The van der Waals surface area contributed by atoms with Gasteiger partial charge in [-0.2, -0.15) is 0 Å². The monoisotopic (exact) mass is 374 g/mol. The highest BCUT2D eigenvalue weighted by Gasteiger charge is 2.16. The molecule has 0 bridgehead atoms. The van der Waals surface area contributed by atoms with Gasteiger partial charge in [0, 0.05) is 0 Å². The van der Waals surface area contributed by atoms with Crippen LogP contribution in [0.15, 0.2) is 72.8 Å². The predicted molar refractivity (Wildman–Crippen MR) is 113 cm³/mol. The summed E-state index contributed by atoms with van der Waals surface area (Å²) in [6.07, 6.45) is 0. The molecule has 0 saturated carbocycles. The summed E-state index contributed by atoms with van der Waals surface area (Å²) in [5, 5.41) is 0. The summed E-state index contributed by atoms with van der Waals surface area (Å²) < 4.78 is 11.0. The molecule has 0 amide bonds. The summed E-state index contributed by atoms with van der Waals surface area (Å²) in [7, 11) is 0. The van der Waals surface area contributed by atoms with Gasteiger partial charge in [0.15, 0.2) is 6.61 Å². The van der Waals surface area contributed by atoms with Crippen molar-refractivity contribution < 1.29 is 14.3 Å². The molecule has 3 nitrogen and oxygen atoms in total. The molecule has 3 rings (SSSR count). The minimum Gasteiger partial charge on any atom is -0.482 e. The Hall–Kier alpha value is -3.07. The van der Waals surface area contributed by atoms with Gasteiger partial charge in [-0.15, -0.1) is 0 Å². The number of rotatable bonds is 5. The molecule has 0 aliphatic carbocycles. The zero-order valence-corrected chi connectivity index (χ0v) is 16.9. The van der Waals surface area contributed by atoms with E-state index >= 15 is 0 Å². The van der Waals surface area contributed by atoms with Crippen molar-refractivity contribution in [3.05, 3.63) is 83.9 Å². The molecule has 28 heavy (non-hydrogen) atoms. The summed E-state index contributed by atoms with van der Waals surface area (Å²) in [6, 6.07) is 23.7. The SMILES string of the molecule is Cc1cc(C(C)(C)C)ccc1OC(=O)COc1ccc(-c2ccccc2)cc1. The highest BCUT2D eigenvalue weighted by atomic mass is 16.6. The number of carbonyl (C=O) groups excluding carboxylic acids is 1. The molecule has 0 aromatic heterocycles. The molecule has 0 spiro atoms. The largest absolute Gasteiger partial charge is 0.482 e. The van der Waals surface area contributed by atoms with Gasteiger partial charge in [0.25, 0.3) is 0 Å². The maximum absolute atomic E-state index is 12.2. The van der Waals surface area contributed by atoms with Gasteiger partial charge in [0.2, 0.25) is 0 Å². The van der Waals surface area contributed by atoms with Crippen LogP contribution in [0.1, 0.15) is 31.9 Å². The second-order valence-corrected chi connectivity index (χ2v) is 7.88. The molecular weight excluding hydrogens is 348 g/mol. The summed E-state index contributed by atoms with van der Waals surface area (Å²) in [5.74, 6) is 0.788. The normalized spacial score (nSPS) is 11.1. The Morgan fingerprint density at radius 1 is 0.857 bits per heavy atom. The summed E-state index contributed by atoms with van der Waals surface area (Å²) in [4.78, 5) is 12.2. The first-order chi connectivity index (χ1) is 13.3. The average Bonchev–Trinajstić information content (AvgIpc) is 2.68. The minimum atomic E-state index is -0.418. The first-order valence-corrected chi connectivity index (χ1v) is 9.43. The van der Waals surface area contributed by atoms with Crippen LogP contribution in [0.5, 0.6) is 11.5 Å². The van der Waals surface area contributed by atoms with Crippen molar-refractivity contribution in [3.8, 4) is 22.6 Å². The van der Waals surface area contributed by atoms with Crippen molar-refractivity contribution in [3.63, 3.8) is 0 Å². The van der Waals surface area contributed by atoms with E-state index < -0.39 is 5.97 Å². The Morgan fingerprint density at radius 2 is 1.50 bits per heavy atom. The van der Waals surface area contributed by atoms with Crippen molar-refractivity contribution in [2.75, 3.05) is 6.61 Å². The zero-order valence-electron chi connectivity index (χ0n) is 16.9. The lowest BCUT2D eigenvalue weighted by atomic mass is 9.86. The topological polar surface area (TPSA) is 35.5 Å². The third-order valence-corrected chi connectivity index (χ3v) is 4.58. The number of benzene rings is 3. The average molecular weight is 374 g/mol. The molecule has 0 fully saturated rings. The predicted octanol–water partition coefficient (Wildman–Crippen LogP) is 5.94. The van der Waals surface area contributed by atoms with Gasteiger partial charge in [0.1, 0.15) is 11.5 Å². The second kappa shape index (κ2) is 8.30. The van der Waals surface area contributed by atoms with Crippen LogP contribution >= 0.6 is 0 Å². The van der Waals surface area contributed by atoms with E-state index in [0.717, 1.165) is 16.7 Å². The molecular formula is C25H26O3. The standard InChI is InChI=1S/C25H26O3/c1-18-16-21(25(2,3)4)12-15-23(18)28-24(26)17-27-22-13-10-20(11-14-22)19-8-6-5-7-9-19/h5-16H,17H2,1-4H3. The molecule has 144 valence electrons. The number of esters is 1. The molecule has 0 aliphatic heterocycles. The first kappa shape index (κ1) is 19.7. The van der Waals surface area contributed by atoms with Gasteiger partial charge in [-0.25, -0.2) is 4.79 Å². The number of hydrogen-bond acceptors (Lipinski definition) is 3. The molecule has 0 atom stereocenters. The maximum Gasteiger partial charge on any atom is 0.349 e. The molecule has 0 N–H and O–H groups in total. The van der Waals surface area contributed by atoms with E-state index in [4.69, 9.17) is 9.47 Å². The smallest absolute Gasteiger partial charge is 0.349 e. The lowest BCUT2D eigenvalue weighted by Crippen LogP contribution is -2.18. The van der Waals surface area contributed by atoms with E-state index in [1.165, 1.54) is 5.56 Å². The molecule has 0 heterocycles. The van der Waals surface area contributed by atoms with Crippen molar-refractivity contribution in [2.24, 2.45) is 0 Å².